The van der Waals surface area contributed by atoms with Crippen LogP contribution >= 0.6 is 0 Å². The Labute approximate surface area is 95.9 Å². The molecule has 0 bridgehead atoms. The molecular formula is C11H20N4O. The van der Waals surface area contributed by atoms with Crippen molar-refractivity contribution < 1.29 is 0 Å². The van der Waals surface area contributed by atoms with Crippen molar-refractivity contribution in [3.05, 3.63) is 22.7 Å². The Morgan fingerprint density at radius 2 is 2.25 bits per heavy atom. The third kappa shape index (κ3) is 3.06. The predicted molar refractivity (Wildman–Crippen MR) is 65.7 cm³/mol. The van der Waals surface area contributed by atoms with Crippen LogP contribution in [0.2, 0.25) is 0 Å². The molecule has 0 aromatic carbocycles. The largest absolute Gasteiger partial charge is 0.352 e. The van der Waals surface area contributed by atoms with Crippen LogP contribution in [0.1, 0.15) is 19.8 Å². The summed E-state index contributed by atoms with van der Waals surface area (Å²) in [5.41, 5.74) is 5.44. The van der Waals surface area contributed by atoms with Crippen LogP contribution in [0.15, 0.2) is 17.2 Å². The Bertz CT molecular complexity index is 374. The summed E-state index contributed by atoms with van der Waals surface area (Å²) in [5, 5.41) is 0. The van der Waals surface area contributed by atoms with Crippen molar-refractivity contribution in [2.45, 2.75) is 19.8 Å². The number of aromatic nitrogens is 2. The van der Waals surface area contributed by atoms with E-state index in [0.29, 0.717) is 12.4 Å². The van der Waals surface area contributed by atoms with E-state index < -0.39 is 0 Å². The second-order valence-corrected chi connectivity index (χ2v) is 3.80. The maximum Gasteiger partial charge on any atom is 0.293 e. The number of rotatable bonds is 6. The van der Waals surface area contributed by atoms with Gasteiger partial charge in [-0.3, -0.25) is 4.79 Å². The highest BCUT2D eigenvalue weighted by Crippen LogP contribution is 2.04. The zero-order chi connectivity index (χ0) is 12.0. The summed E-state index contributed by atoms with van der Waals surface area (Å²) in [4.78, 5) is 18.0. The van der Waals surface area contributed by atoms with Crippen LogP contribution in [0.25, 0.3) is 0 Å². The lowest BCUT2D eigenvalue weighted by Crippen LogP contribution is -2.34. The third-order valence-electron chi connectivity index (χ3n) is 2.42. The first kappa shape index (κ1) is 12.7. The highest BCUT2D eigenvalue weighted by atomic mass is 16.1. The monoisotopic (exact) mass is 224 g/mol. The van der Waals surface area contributed by atoms with Gasteiger partial charge in [-0.1, -0.05) is 6.92 Å². The summed E-state index contributed by atoms with van der Waals surface area (Å²) in [7, 11) is 1.74. The van der Waals surface area contributed by atoms with Crippen molar-refractivity contribution in [3.8, 4) is 0 Å². The fourth-order valence-electron chi connectivity index (χ4n) is 1.58. The molecule has 0 fully saturated rings. The van der Waals surface area contributed by atoms with Crippen molar-refractivity contribution in [1.82, 2.24) is 9.55 Å². The molecule has 0 aliphatic rings. The molecule has 1 heterocycles. The zero-order valence-corrected chi connectivity index (χ0v) is 10.0. The number of hydrogen-bond acceptors (Lipinski definition) is 4. The summed E-state index contributed by atoms with van der Waals surface area (Å²) < 4.78 is 1.55. The van der Waals surface area contributed by atoms with Crippen LogP contribution in [0.5, 0.6) is 0 Å². The maximum absolute atomic E-state index is 11.9. The molecule has 0 aliphatic heterocycles. The summed E-state index contributed by atoms with van der Waals surface area (Å²) in [6.45, 7) is 4.35. The van der Waals surface area contributed by atoms with Crippen LogP contribution in [0, 0.1) is 0 Å². The van der Waals surface area contributed by atoms with Gasteiger partial charge in [-0.2, -0.15) is 0 Å². The number of nitrogens with two attached hydrogens (primary N) is 1. The molecule has 0 saturated heterocycles. The van der Waals surface area contributed by atoms with E-state index in [1.54, 1.807) is 24.0 Å². The van der Waals surface area contributed by atoms with Gasteiger partial charge in [0, 0.05) is 32.5 Å². The third-order valence-corrected chi connectivity index (χ3v) is 2.42. The van der Waals surface area contributed by atoms with Gasteiger partial charge in [-0.25, -0.2) is 4.98 Å². The lowest BCUT2D eigenvalue weighted by molar-refractivity contribution is 0.696. The minimum atomic E-state index is -0.0482. The average Bonchev–Trinajstić information content (AvgIpc) is 2.28. The van der Waals surface area contributed by atoms with Crippen molar-refractivity contribution >= 4 is 5.82 Å². The lowest BCUT2D eigenvalue weighted by atomic mass is 10.3. The quantitative estimate of drug-likeness (QED) is 0.757. The van der Waals surface area contributed by atoms with Crippen LogP contribution in [-0.4, -0.2) is 29.2 Å². The lowest BCUT2D eigenvalue weighted by Gasteiger charge is -2.22. The SMILES string of the molecule is CCCN(CCCN)c1nccn(C)c1=O. The Kier molecular flexibility index (Phi) is 4.98. The second kappa shape index (κ2) is 6.27. The van der Waals surface area contributed by atoms with E-state index in [2.05, 4.69) is 11.9 Å². The van der Waals surface area contributed by atoms with Crippen LogP contribution in [0.3, 0.4) is 0 Å². The van der Waals surface area contributed by atoms with Gasteiger partial charge in [-0.15, -0.1) is 0 Å². The van der Waals surface area contributed by atoms with E-state index >= 15 is 0 Å². The van der Waals surface area contributed by atoms with Crippen molar-refractivity contribution in [1.29, 1.82) is 0 Å². The molecule has 90 valence electrons. The maximum atomic E-state index is 11.9. The van der Waals surface area contributed by atoms with Crippen molar-refractivity contribution in [2.75, 3.05) is 24.5 Å². The number of hydrogen-bond donors (Lipinski definition) is 1. The smallest absolute Gasteiger partial charge is 0.293 e. The molecular weight excluding hydrogens is 204 g/mol. The Morgan fingerprint density at radius 1 is 1.50 bits per heavy atom. The first-order valence-corrected chi connectivity index (χ1v) is 5.67. The standard InChI is InChI=1S/C11H20N4O/c1-3-7-15(8-4-5-12)10-11(16)14(2)9-6-13-10/h6,9H,3-5,7-8,12H2,1-2H3. The Balaban J connectivity index is 2.91. The molecule has 1 aromatic rings. The Hall–Kier alpha value is -1.36. The second-order valence-electron chi connectivity index (χ2n) is 3.80. The van der Waals surface area contributed by atoms with Crippen LogP contribution in [0.4, 0.5) is 5.82 Å². The van der Waals surface area contributed by atoms with Gasteiger partial charge in [0.05, 0.1) is 0 Å². The number of aryl methyl sites for hydroxylation is 1. The summed E-state index contributed by atoms with van der Waals surface area (Å²) in [6, 6.07) is 0. The van der Waals surface area contributed by atoms with E-state index in [4.69, 9.17) is 5.73 Å². The topological polar surface area (TPSA) is 64.2 Å². The highest BCUT2D eigenvalue weighted by molar-refractivity contribution is 5.35. The summed E-state index contributed by atoms with van der Waals surface area (Å²) in [5.74, 6) is 0.528. The molecule has 2 N–H and O–H groups in total. The summed E-state index contributed by atoms with van der Waals surface area (Å²) >= 11 is 0. The molecule has 0 aliphatic carbocycles. The first-order valence-electron chi connectivity index (χ1n) is 5.67. The van der Waals surface area contributed by atoms with Gasteiger partial charge < -0.3 is 15.2 Å². The van der Waals surface area contributed by atoms with Gasteiger partial charge in [0.25, 0.3) is 5.56 Å². The van der Waals surface area contributed by atoms with E-state index in [9.17, 15) is 4.79 Å². The fraction of sp³-hybridized carbons (Fsp3) is 0.636. The fourth-order valence-corrected chi connectivity index (χ4v) is 1.58. The minimum Gasteiger partial charge on any atom is -0.352 e. The van der Waals surface area contributed by atoms with Crippen molar-refractivity contribution in [2.24, 2.45) is 12.8 Å². The molecule has 16 heavy (non-hydrogen) atoms. The molecule has 0 saturated carbocycles. The van der Waals surface area contributed by atoms with E-state index in [1.165, 1.54) is 0 Å². The number of nitrogens with zero attached hydrogens (tertiary/aromatic N) is 3. The normalized spacial score (nSPS) is 10.4. The molecule has 5 heteroatoms. The molecule has 1 aromatic heterocycles. The van der Waals surface area contributed by atoms with Gasteiger partial charge in [0.15, 0.2) is 5.82 Å². The molecule has 0 radical (unpaired) electrons. The van der Waals surface area contributed by atoms with E-state index in [1.807, 2.05) is 4.90 Å². The molecule has 0 amide bonds. The first-order chi connectivity index (χ1) is 7.70. The number of anilines is 1. The van der Waals surface area contributed by atoms with Gasteiger partial charge in [0.1, 0.15) is 0 Å². The predicted octanol–water partition coefficient (Wildman–Crippen LogP) is 0.345. The molecule has 5 nitrogen and oxygen atoms in total. The average molecular weight is 224 g/mol. The molecule has 0 atom stereocenters. The van der Waals surface area contributed by atoms with E-state index in [0.717, 1.165) is 25.9 Å². The highest BCUT2D eigenvalue weighted by Gasteiger charge is 2.11. The minimum absolute atomic E-state index is 0.0482. The van der Waals surface area contributed by atoms with Crippen molar-refractivity contribution in [3.63, 3.8) is 0 Å². The van der Waals surface area contributed by atoms with Gasteiger partial charge >= 0.3 is 0 Å². The summed E-state index contributed by atoms with van der Waals surface area (Å²) in [6.07, 6.45) is 5.19. The van der Waals surface area contributed by atoms with E-state index in [-0.39, 0.29) is 5.56 Å². The molecule has 1 rings (SSSR count). The molecule has 0 spiro atoms. The van der Waals surface area contributed by atoms with Crippen LogP contribution < -0.4 is 16.2 Å². The Morgan fingerprint density at radius 3 is 2.88 bits per heavy atom. The van der Waals surface area contributed by atoms with Gasteiger partial charge in [-0.05, 0) is 19.4 Å². The molecule has 0 unspecified atom stereocenters. The van der Waals surface area contributed by atoms with Crippen LogP contribution in [-0.2, 0) is 7.05 Å². The van der Waals surface area contributed by atoms with Gasteiger partial charge in [0.2, 0.25) is 0 Å². The zero-order valence-electron chi connectivity index (χ0n) is 10.0.